The van der Waals surface area contributed by atoms with Gasteiger partial charge in [-0.05, 0) is 35.1 Å². The first kappa shape index (κ1) is 37.0. The molecule has 6 aromatic rings. The average molecular weight is 745 g/mol. The van der Waals surface area contributed by atoms with E-state index in [9.17, 15) is 22.8 Å². The first-order chi connectivity index (χ1) is 24.0. The second-order valence-corrected chi connectivity index (χ2v) is 13.8. The zero-order valence-corrected chi connectivity index (χ0v) is 29.2. The van der Waals surface area contributed by atoms with Crippen molar-refractivity contribution < 1.29 is 37.2 Å². The summed E-state index contributed by atoms with van der Waals surface area (Å²) in [5.74, 6) is -1.70. The fourth-order valence-electron chi connectivity index (χ4n) is 5.23. The highest BCUT2D eigenvalue weighted by Gasteiger charge is 2.38. The Morgan fingerprint density at radius 1 is 1.12 bits per heavy atom. The van der Waals surface area contributed by atoms with Crippen LogP contribution >= 0.6 is 22.9 Å². The molecule has 2 amide bonds. The molecule has 0 aliphatic heterocycles. The van der Waals surface area contributed by atoms with Crippen molar-refractivity contribution in [3.63, 3.8) is 0 Å². The molecule has 18 heteroatoms. The first-order valence-corrected chi connectivity index (χ1v) is 16.6. The van der Waals surface area contributed by atoms with Gasteiger partial charge in [0, 0.05) is 41.8 Å². The van der Waals surface area contributed by atoms with Gasteiger partial charge in [-0.25, -0.2) is 9.78 Å². The molecule has 0 bridgehead atoms. The summed E-state index contributed by atoms with van der Waals surface area (Å²) in [6, 6.07) is 13.0. The van der Waals surface area contributed by atoms with E-state index in [-0.39, 0.29) is 36.2 Å². The lowest BCUT2D eigenvalue weighted by atomic mass is 9.84. The zero-order chi connectivity index (χ0) is 37.1. The molecule has 0 aliphatic carbocycles. The highest BCUT2D eigenvalue weighted by Crippen LogP contribution is 2.41. The lowest BCUT2D eigenvalue weighted by Gasteiger charge is -2.33. The maximum Gasteiger partial charge on any atom is 0.490 e. The van der Waals surface area contributed by atoms with E-state index >= 15 is 0 Å². The lowest BCUT2D eigenvalue weighted by Crippen LogP contribution is -2.32. The van der Waals surface area contributed by atoms with E-state index < -0.39 is 12.1 Å². The number of alkyl halides is 3. The molecular formula is C33H32ClF3N8O5S. The Bertz CT molecular complexity index is 2190. The van der Waals surface area contributed by atoms with Crippen LogP contribution in [0.1, 0.15) is 60.2 Å². The van der Waals surface area contributed by atoms with Gasteiger partial charge in [0.2, 0.25) is 11.8 Å². The van der Waals surface area contributed by atoms with Gasteiger partial charge < -0.3 is 24.8 Å². The van der Waals surface area contributed by atoms with E-state index in [1.807, 2.05) is 35.7 Å². The van der Waals surface area contributed by atoms with Crippen LogP contribution in [0.4, 0.5) is 13.2 Å². The number of imidazole rings is 1. The number of hydrogen-bond donors (Lipinski definition) is 4. The molecule has 4 N–H and O–H groups in total. The third-order valence-electron chi connectivity index (χ3n) is 7.74. The first-order valence-electron chi connectivity index (χ1n) is 15.3. The topological polar surface area (TPSA) is 181 Å². The third kappa shape index (κ3) is 8.72. The summed E-state index contributed by atoms with van der Waals surface area (Å²) in [6.45, 7) is 6.35. The van der Waals surface area contributed by atoms with E-state index in [1.165, 1.54) is 0 Å². The summed E-state index contributed by atoms with van der Waals surface area (Å²) >= 11 is 8.27. The number of carboxylic acid groups (broad SMARTS) is 1. The number of benzene rings is 2. The maximum absolute atomic E-state index is 13.5. The Morgan fingerprint density at radius 2 is 1.86 bits per heavy atom. The number of H-pyrrole nitrogens is 1. The van der Waals surface area contributed by atoms with Crippen LogP contribution in [-0.4, -0.2) is 66.0 Å². The minimum Gasteiger partial charge on any atom is -0.475 e. The van der Waals surface area contributed by atoms with Crippen molar-refractivity contribution in [2.45, 2.75) is 52.4 Å². The van der Waals surface area contributed by atoms with Crippen molar-refractivity contribution in [2.75, 3.05) is 7.05 Å². The molecule has 51 heavy (non-hydrogen) atoms. The highest BCUT2D eigenvalue weighted by molar-refractivity contribution is 7.09. The van der Waals surface area contributed by atoms with Gasteiger partial charge >= 0.3 is 12.1 Å². The molecule has 1 atom stereocenters. The molecular weight excluding hydrogens is 713 g/mol. The second-order valence-electron chi connectivity index (χ2n) is 12.4. The normalized spacial score (nSPS) is 12.4. The predicted octanol–water partition coefficient (Wildman–Crippen LogP) is 6.55. The molecule has 4 aromatic heterocycles. The van der Waals surface area contributed by atoms with Gasteiger partial charge in [0.05, 0.1) is 39.9 Å². The summed E-state index contributed by atoms with van der Waals surface area (Å²) in [5, 5.41) is 27.2. The number of halogens is 4. The Kier molecular flexibility index (Phi) is 10.8. The van der Waals surface area contributed by atoms with E-state index in [4.69, 9.17) is 31.0 Å². The quantitative estimate of drug-likeness (QED) is 0.128. The van der Waals surface area contributed by atoms with Crippen LogP contribution in [0.2, 0.25) is 5.02 Å². The minimum absolute atomic E-state index is 0.114. The Balaban J connectivity index is 0.000000654. The third-order valence-corrected chi connectivity index (χ3v) is 8.93. The number of rotatable bonds is 9. The smallest absolute Gasteiger partial charge is 0.475 e. The van der Waals surface area contributed by atoms with E-state index in [0.717, 1.165) is 21.3 Å². The van der Waals surface area contributed by atoms with Gasteiger partial charge in [-0.2, -0.15) is 23.3 Å². The Labute approximate surface area is 297 Å². The van der Waals surface area contributed by atoms with Crippen molar-refractivity contribution in [3.05, 3.63) is 81.2 Å². The predicted molar refractivity (Wildman–Crippen MR) is 183 cm³/mol. The SMILES string of the molecule is CNC(=O)c1cc2nc(-c3ccc4cn[nH]c4c3)n(C(CC(=O)NCc3nc(Cc4cccs4)no3)C(C)(C)C)c2cc1Cl.O=C(O)C(F)(F)F. The maximum atomic E-state index is 13.5. The number of carbonyl (C=O) groups excluding carboxylic acids is 2. The Morgan fingerprint density at radius 3 is 2.51 bits per heavy atom. The second kappa shape index (κ2) is 14.9. The van der Waals surface area contributed by atoms with Crippen LogP contribution in [0.15, 0.2) is 58.6 Å². The number of nitrogens with zero attached hydrogens (tertiary/aromatic N) is 5. The summed E-state index contributed by atoms with van der Waals surface area (Å²) in [6.07, 6.45) is -2.61. The summed E-state index contributed by atoms with van der Waals surface area (Å²) in [7, 11) is 1.56. The van der Waals surface area contributed by atoms with Crippen molar-refractivity contribution in [1.29, 1.82) is 0 Å². The van der Waals surface area contributed by atoms with Gasteiger partial charge in [-0.15, -0.1) is 11.3 Å². The molecule has 0 radical (unpaired) electrons. The molecule has 4 heterocycles. The van der Waals surface area contributed by atoms with Gasteiger partial charge in [0.25, 0.3) is 5.91 Å². The molecule has 0 fully saturated rings. The van der Waals surface area contributed by atoms with Crippen LogP contribution in [0, 0.1) is 5.41 Å². The largest absolute Gasteiger partial charge is 0.490 e. The van der Waals surface area contributed by atoms with E-state index in [0.29, 0.717) is 45.6 Å². The van der Waals surface area contributed by atoms with Crippen molar-refractivity contribution in [3.8, 4) is 11.4 Å². The number of aromatic amines is 1. The monoisotopic (exact) mass is 744 g/mol. The molecule has 2 aromatic carbocycles. The number of thiophene rings is 1. The van der Waals surface area contributed by atoms with E-state index in [1.54, 1.807) is 36.7 Å². The van der Waals surface area contributed by atoms with Crippen LogP contribution < -0.4 is 10.6 Å². The number of nitrogens with one attached hydrogen (secondary N) is 3. The number of carbonyl (C=O) groups is 3. The fraction of sp³-hybridized carbons (Fsp3) is 0.303. The molecule has 0 saturated heterocycles. The number of aromatic nitrogens is 6. The molecule has 0 spiro atoms. The lowest BCUT2D eigenvalue weighted by molar-refractivity contribution is -0.192. The van der Waals surface area contributed by atoms with Crippen LogP contribution in [-0.2, 0) is 22.6 Å². The molecule has 13 nitrogen and oxygen atoms in total. The minimum atomic E-state index is -5.08. The summed E-state index contributed by atoms with van der Waals surface area (Å²) < 4.78 is 39.2. The molecule has 268 valence electrons. The number of amides is 2. The van der Waals surface area contributed by atoms with Crippen molar-refractivity contribution in [1.82, 2.24) is 40.5 Å². The molecule has 1 unspecified atom stereocenters. The van der Waals surface area contributed by atoms with Gasteiger partial charge in [-0.1, -0.05) is 55.7 Å². The molecule has 0 aliphatic rings. The standard InChI is InChI=1S/C31H31ClN8O3S.C2HF3O2/c1-31(2,3)25(14-27(41)34-16-28-37-26(39-43-28)11-19-6-5-9-44-19)40-24-13-21(32)20(30(42)33-4)12-23(24)36-29(40)17-7-8-18-15-35-38-22(18)10-17;3-2(4,5)1(6)7/h5-10,12-13,15,25H,11,14,16H2,1-4H3,(H,33,42)(H,34,41)(H,35,38);(H,6,7). The average Bonchev–Trinajstić information content (AvgIpc) is 3.89. The number of hydrogen-bond acceptors (Lipinski definition) is 9. The molecule has 0 saturated carbocycles. The number of fused-ring (bicyclic) bond motifs is 2. The van der Waals surface area contributed by atoms with Gasteiger partial charge in [0.15, 0.2) is 5.82 Å². The summed E-state index contributed by atoms with van der Waals surface area (Å²) in [5.41, 5.74) is 2.92. The number of aliphatic carboxylic acids is 1. The zero-order valence-electron chi connectivity index (χ0n) is 27.6. The van der Waals surface area contributed by atoms with Crippen LogP contribution in [0.25, 0.3) is 33.3 Å². The van der Waals surface area contributed by atoms with Crippen molar-refractivity contribution in [2.24, 2.45) is 5.41 Å². The van der Waals surface area contributed by atoms with Crippen LogP contribution in [0.5, 0.6) is 0 Å². The highest BCUT2D eigenvalue weighted by atomic mass is 35.5. The molecule has 6 rings (SSSR count). The fourth-order valence-corrected chi connectivity index (χ4v) is 6.17. The summed E-state index contributed by atoms with van der Waals surface area (Å²) in [4.78, 5) is 45.5. The Hall–Kier alpha value is -5.29. The van der Waals surface area contributed by atoms with Crippen LogP contribution in [0.3, 0.4) is 0 Å². The number of carboxylic acids is 1. The van der Waals surface area contributed by atoms with Gasteiger partial charge in [-0.3, -0.25) is 14.7 Å². The van der Waals surface area contributed by atoms with Gasteiger partial charge in [0.1, 0.15) is 5.82 Å². The van der Waals surface area contributed by atoms with E-state index in [2.05, 4.69) is 56.3 Å². The van der Waals surface area contributed by atoms with Crippen molar-refractivity contribution >= 4 is 62.7 Å².